The highest BCUT2D eigenvalue weighted by atomic mass is 16.5. The lowest BCUT2D eigenvalue weighted by Gasteiger charge is -2.30. The minimum absolute atomic E-state index is 0.0880. The molecule has 1 heterocycles. The Morgan fingerprint density at radius 3 is 2.67 bits per heavy atom. The predicted octanol–water partition coefficient (Wildman–Crippen LogP) is 1.92. The van der Waals surface area contributed by atoms with Crippen molar-refractivity contribution in [2.75, 3.05) is 20.7 Å². The van der Waals surface area contributed by atoms with Gasteiger partial charge in [-0.15, -0.1) is 0 Å². The van der Waals surface area contributed by atoms with E-state index in [0.29, 0.717) is 24.3 Å². The number of likely N-dealkylation sites (tertiary alicyclic amines) is 1. The van der Waals surface area contributed by atoms with E-state index in [2.05, 4.69) is 25.8 Å². The van der Waals surface area contributed by atoms with Gasteiger partial charge in [-0.1, -0.05) is 13.8 Å². The average molecular weight is 213 g/mol. The normalized spacial score (nSPS) is 26.3. The summed E-state index contributed by atoms with van der Waals surface area (Å²) in [5, 5.41) is 0. The molecule has 0 aromatic carbocycles. The molecule has 0 amide bonds. The first-order valence-electron chi connectivity index (χ1n) is 5.83. The summed E-state index contributed by atoms with van der Waals surface area (Å²) in [5.74, 6) is 0.884. The smallest absolute Gasteiger partial charge is 0.305 e. The molecule has 3 nitrogen and oxygen atoms in total. The highest BCUT2D eigenvalue weighted by Crippen LogP contribution is 2.28. The molecule has 0 aliphatic carbocycles. The van der Waals surface area contributed by atoms with Gasteiger partial charge in [-0.2, -0.15) is 0 Å². The van der Waals surface area contributed by atoms with Crippen molar-refractivity contribution in [3.05, 3.63) is 0 Å². The largest absolute Gasteiger partial charge is 0.469 e. The number of hydrogen-bond acceptors (Lipinski definition) is 3. The van der Waals surface area contributed by atoms with Gasteiger partial charge in [-0.05, 0) is 38.3 Å². The molecular weight excluding hydrogens is 190 g/mol. The molecule has 1 rings (SSSR count). The van der Waals surface area contributed by atoms with Crippen molar-refractivity contribution in [2.24, 2.45) is 11.8 Å². The molecule has 0 aromatic heterocycles. The third kappa shape index (κ3) is 3.20. The highest BCUT2D eigenvalue weighted by Gasteiger charge is 2.30. The maximum absolute atomic E-state index is 11.2. The van der Waals surface area contributed by atoms with E-state index < -0.39 is 0 Å². The third-order valence-corrected chi connectivity index (χ3v) is 3.80. The van der Waals surface area contributed by atoms with Crippen LogP contribution < -0.4 is 0 Å². The summed E-state index contributed by atoms with van der Waals surface area (Å²) in [5.41, 5.74) is 0. The van der Waals surface area contributed by atoms with Crippen LogP contribution in [0.4, 0.5) is 0 Å². The van der Waals surface area contributed by atoms with Crippen molar-refractivity contribution >= 4 is 5.97 Å². The van der Waals surface area contributed by atoms with Gasteiger partial charge >= 0.3 is 5.97 Å². The van der Waals surface area contributed by atoms with Gasteiger partial charge in [-0.3, -0.25) is 4.79 Å². The average Bonchev–Trinajstić information content (AvgIpc) is 2.63. The van der Waals surface area contributed by atoms with Gasteiger partial charge in [-0.25, -0.2) is 0 Å². The fraction of sp³-hybridized carbons (Fsp3) is 0.917. The van der Waals surface area contributed by atoms with Gasteiger partial charge in [0.05, 0.1) is 7.11 Å². The van der Waals surface area contributed by atoms with Gasteiger partial charge in [0.1, 0.15) is 0 Å². The van der Waals surface area contributed by atoms with E-state index >= 15 is 0 Å². The topological polar surface area (TPSA) is 29.5 Å². The zero-order valence-electron chi connectivity index (χ0n) is 10.3. The number of nitrogens with zero attached hydrogens (tertiary/aromatic N) is 1. The Labute approximate surface area is 92.8 Å². The molecule has 0 N–H and O–H groups in total. The number of hydrogen-bond donors (Lipinski definition) is 0. The molecule has 0 bridgehead atoms. The minimum atomic E-state index is -0.0880. The van der Waals surface area contributed by atoms with Crippen LogP contribution in [-0.2, 0) is 9.53 Å². The summed E-state index contributed by atoms with van der Waals surface area (Å²) in [7, 11) is 3.64. The van der Waals surface area contributed by atoms with E-state index in [9.17, 15) is 4.79 Å². The van der Waals surface area contributed by atoms with Gasteiger partial charge in [0.15, 0.2) is 0 Å². The van der Waals surface area contributed by atoms with Crippen molar-refractivity contribution in [3.63, 3.8) is 0 Å². The van der Waals surface area contributed by atoms with Crippen LogP contribution in [0, 0.1) is 11.8 Å². The molecule has 3 heteroatoms. The molecule has 1 aliphatic rings. The van der Waals surface area contributed by atoms with E-state index in [1.54, 1.807) is 0 Å². The van der Waals surface area contributed by atoms with Crippen LogP contribution in [0.1, 0.15) is 33.1 Å². The fourth-order valence-electron chi connectivity index (χ4n) is 2.51. The molecule has 1 saturated heterocycles. The minimum Gasteiger partial charge on any atom is -0.469 e. The molecule has 15 heavy (non-hydrogen) atoms. The molecule has 0 radical (unpaired) electrons. The SMILES string of the molecule is COC(=O)CC(C)C(C)C1CCCN1C. The Hall–Kier alpha value is -0.570. The zero-order valence-corrected chi connectivity index (χ0v) is 10.3. The lowest BCUT2D eigenvalue weighted by Crippen LogP contribution is -2.35. The first-order valence-corrected chi connectivity index (χ1v) is 5.83. The van der Waals surface area contributed by atoms with Crippen LogP contribution in [0.15, 0.2) is 0 Å². The van der Waals surface area contributed by atoms with Crippen molar-refractivity contribution in [1.29, 1.82) is 0 Å². The Morgan fingerprint density at radius 1 is 1.53 bits per heavy atom. The van der Waals surface area contributed by atoms with Crippen LogP contribution in [0.3, 0.4) is 0 Å². The quantitative estimate of drug-likeness (QED) is 0.668. The van der Waals surface area contributed by atoms with E-state index in [-0.39, 0.29) is 5.97 Å². The molecule has 3 unspecified atom stereocenters. The van der Waals surface area contributed by atoms with Crippen LogP contribution in [-0.4, -0.2) is 37.6 Å². The van der Waals surface area contributed by atoms with Crippen molar-refractivity contribution in [1.82, 2.24) is 4.90 Å². The second kappa shape index (κ2) is 5.50. The zero-order chi connectivity index (χ0) is 11.4. The van der Waals surface area contributed by atoms with Gasteiger partial charge < -0.3 is 9.64 Å². The number of ether oxygens (including phenoxy) is 1. The van der Waals surface area contributed by atoms with E-state index in [4.69, 9.17) is 4.74 Å². The van der Waals surface area contributed by atoms with Gasteiger partial charge in [0.2, 0.25) is 0 Å². The first kappa shape index (κ1) is 12.5. The Bertz CT molecular complexity index is 218. The van der Waals surface area contributed by atoms with Crippen LogP contribution in [0.2, 0.25) is 0 Å². The maximum atomic E-state index is 11.2. The second-order valence-corrected chi connectivity index (χ2v) is 4.81. The van der Waals surface area contributed by atoms with E-state index in [0.717, 1.165) is 0 Å². The van der Waals surface area contributed by atoms with E-state index in [1.165, 1.54) is 26.5 Å². The fourth-order valence-corrected chi connectivity index (χ4v) is 2.51. The molecule has 1 fully saturated rings. The standard InChI is InChI=1S/C12H23NO2/c1-9(8-12(14)15-4)10(2)11-6-5-7-13(11)3/h9-11H,5-8H2,1-4H3. The molecule has 1 aliphatic heterocycles. The molecule has 0 aromatic rings. The van der Waals surface area contributed by atoms with Crippen molar-refractivity contribution < 1.29 is 9.53 Å². The molecular formula is C12H23NO2. The summed E-state index contributed by atoms with van der Waals surface area (Å²) in [6, 6.07) is 0.643. The molecule has 0 spiro atoms. The molecule has 88 valence electrons. The summed E-state index contributed by atoms with van der Waals surface area (Å²) >= 11 is 0. The van der Waals surface area contributed by atoms with Crippen molar-refractivity contribution in [3.8, 4) is 0 Å². The lowest BCUT2D eigenvalue weighted by molar-refractivity contribution is -0.142. The maximum Gasteiger partial charge on any atom is 0.305 e. The summed E-state index contributed by atoms with van der Waals surface area (Å²) in [6.07, 6.45) is 3.10. The van der Waals surface area contributed by atoms with E-state index in [1.807, 2.05) is 0 Å². The number of rotatable bonds is 4. The molecule has 0 saturated carbocycles. The van der Waals surface area contributed by atoms with Crippen molar-refractivity contribution in [2.45, 2.75) is 39.2 Å². The lowest BCUT2D eigenvalue weighted by atomic mass is 9.85. The van der Waals surface area contributed by atoms with Gasteiger partial charge in [0, 0.05) is 12.5 Å². The summed E-state index contributed by atoms with van der Waals surface area (Å²) in [4.78, 5) is 13.6. The third-order valence-electron chi connectivity index (χ3n) is 3.80. The number of esters is 1. The number of methoxy groups -OCH3 is 1. The Balaban J connectivity index is 2.44. The van der Waals surface area contributed by atoms with Gasteiger partial charge in [0.25, 0.3) is 0 Å². The summed E-state index contributed by atoms with van der Waals surface area (Å²) in [6.45, 7) is 5.59. The first-order chi connectivity index (χ1) is 7.06. The van der Waals surface area contributed by atoms with Crippen LogP contribution in [0.25, 0.3) is 0 Å². The monoisotopic (exact) mass is 213 g/mol. The predicted molar refractivity (Wildman–Crippen MR) is 60.6 cm³/mol. The highest BCUT2D eigenvalue weighted by molar-refractivity contribution is 5.69. The van der Waals surface area contributed by atoms with Crippen LogP contribution >= 0.6 is 0 Å². The molecule has 3 atom stereocenters. The second-order valence-electron chi connectivity index (χ2n) is 4.81. The number of carbonyl (C=O) groups is 1. The van der Waals surface area contributed by atoms with Crippen LogP contribution in [0.5, 0.6) is 0 Å². The Kier molecular flexibility index (Phi) is 4.58. The summed E-state index contributed by atoms with van der Waals surface area (Å²) < 4.78 is 4.71. The Morgan fingerprint density at radius 2 is 2.20 bits per heavy atom. The number of carbonyl (C=O) groups excluding carboxylic acids is 1.